The van der Waals surface area contributed by atoms with Gasteiger partial charge in [-0.05, 0) is 24.5 Å². The summed E-state index contributed by atoms with van der Waals surface area (Å²) in [6, 6.07) is 15.6. The van der Waals surface area contributed by atoms with Crippen LogP contribution in [-0.4, -0.2) is 40.0 Å². The Labute approximate surface area is 159 Å². The smallest absolute Gasteiger partial charge is 0.323 e. The number of hydrogen-bond donors (Lipinski definition) is 0. The summed E-state index contributed by atoms with van der Waals surface area (Å²) < 4.78 is 40.1. The van der Waals surface area contributed by atoms with Crippen molar-refractivity contribution in [3.63, 3.8) is 0 Å². The van der Waals surface area contributed by atoms with Crippen molar-refractivity contribution < 1.29 is 22.8 Å². The highest BCUT2D eigenvalue weighted by molar-refractivity contribution is 6.03. The Kier molecular flexibility index (Phi) is 4.45. The molecule has 0 unspecified atom stereocenters. The monoisotopic (exact) mass is 386 g/mol. The standard InChI is InChI=1S/C21H17F3N2O2/c22-21(23,24)20(28)25-12-6-11-18(25)19(27)26-13-16(14-7-2-1-3-8-14)15-9-4-5-10-17(15)26/h1-5,7-10,13,18H,6,11-12H2/t18-/m1/s1. The van der Waals surface area contributed by atoms with Crippen molar-refractivity contribution in [2.24, 2.45) is 0 Å². The number of likely N-dealkylation sites (tertiary alicyclic amines) is 1. The second-order valence-electron chi connectivity index (χ2n) is 6.79. The van der Waals surface area contributed by atoms with Crippen LogP contribution in [0.3, 0.4) is 0 Å². The van der Waals surface area contributed by atoms with E-state index in [1.54, 1.807) is 18.3 Å². The molecule has 4 nitrogen and oxygen atoms in total. The van der Waals surface area contributed by atoms with Crippen molar-refractivity contribution in [1.82, 2.24) is 9.47 Å². The van der Waals surface area contributed by atoms with E-state index >= 15 is 0 Å². The first-order valence-electron chi connectivity index (χ1n) is 8.95. The van der Waals surface area contributed by atoms with Crippen molar-refractivity contribution in [3.05, 3.63) is 60.8 Å². The lowest BCUT2D eigenvalue weighted by Crippen LogP contribution is -2.48. The molecule has 1 aromatic heterocycles. The second kappa shape index (κ2) is 6.82. The zero-order valence-electron chi connectivity index (χ0n) is 14.8. The summed E-state index contributed by atoms with van der Waals surface area (Å²) in [5.74, 6) is -2.48. The minimum Gasteiger partial charge on any atom is -0.323 e. The molecule has 1 saturated heterocycles. The van der Waals surface area contributed by atoms with Gasteiger partial charge in [-0.1, -0.05) is 48.5 Å². The van der Waals surface area contributed by atoms with Gasteiger partial charge in [0.1, 0.15) is 6.04 Å². The summed E-state index contributed by atoms with van der Waals surface area (Å²) in [5.41, 5.74) is 2.33. The fourth-order valence-electron chi connectivity index (χ4n) is 3.80. The molecule has 0 spiro atoms. The molecule has 0 bridgehead atoms. The van der Waals surface area contributed by atoms with Crippen LogP contribution in [0.25, 0.3) is 22.0 Å². The van der Waals surface area contributed by atoms with E-state index < -0.39 is 24.0 Å². The second-order valence-corrected chi connectivity index (χ2v) is 6.79. The first-order chi connectivity index (χ1) is 13.4. The van der Waals surface area contributed by atoms with E-state index in [2.05, 4.69) is 0 Å². The third kappa shape index (κ3) is 3.06. The van der Waals surface area contributed by atoms with E-state index in [-0.39, 0.29) is 13.0 Å². The van der Waals surface area contributed by atoms with Crippen LogP contribution in [0.4, 0.5) is 13.2 Å². The van der Waals surface area contributed by atoms with Gasteiger partial charge in [0.15, 0.2) is 0 Å². The molecule has 4 rings (SSSR count). The Hall–Kier alpha value is -3.09. The molecule has 3 aromatic rings. The summed E-state index contributed by atoms with van der Waals surface area (Å²) in [7, 11) is 0. The number of carbonyl (C=O) groups excluding carboxylic acids is 2. The number of amides is 1. The van der Waals surface area contributed by atoms with Crippen LogP contribution in [0, 0.1) is 0 Å². The average molecular weight is 386 g/mol. The third-order valence-electron chi connectivity index (χ3n) is 5.08. The number of rotatable bonds is 2. The Balaban J connectivity index is 1.77. The molecule has 1 atom stereocenters. The molecule has 1 fully saturated rings. The zero-order chi connectivity index (χ0) is 19.9. The molecule has 0 radical (unpaired) electrons. The quantitative estimate of drug-likeness (QED) is 0.651. The van der Waals surface area contributed by atoms with Gasteiger partial charge in [-0.25, -0.2) is 0 Å². The minimum absolute atomic E-state index is 0.0699. The lowest BCUT2D eigenvalue weighted by Gasteiger charge is -2.24. The van der Waals surface area contributed by atoms with Crippen molar-refractivity contribution in [1.29, 1.82) is 0 Å². The Morgan fingerprint density at radius 3 is 2.36 bits per heavy atom. The van der Waals surface area contributed by atoms with E-state index in [1.165, 1.54) is 4.57 Å². The maximum absolute atomic E-state index is 13.1. The fraction of sp³-hybridized carbons (Fsp3) is 0.238. The number of halogens is 3. The molecule has 2 aromatic carbocycles. The van der Waals surface area contributed by atoms with E-state index in [4.69, 9.17) is 0 Å². The lowest BCUT2D eigenvalue weighted by atomic mass is 10.1. The highest BCUT2D eigenvalue weighted by Crippen LogP contribution is 2.32. The van der Waals surface area contributed by atoms with Crippen molar-refractivity contribution in [2.45, 2.75) is 25.1 Å². The van der Waals surface area contributed by atoms with Gasteiger partial charge in [0.25, 0.3) is 5.91 Å². The van der Waals surface area contributed by atoms with Crippen LogP contribution in [0.2, 0.25) is 0 Å². The molecule has 144 valence electrons. The molecule has 7 heteroatoms. The molecule has 0 saturated carbocycles. The molecule has 1 aliphatic heterocycles. The number of para-hydroxylation sites is 1. The number of benzene rings is 2. The topological polar surface area (TPSA) is 42.3 Å². The molecule has 0 N–H and O–H groups in total. The molecule has 28 heavy (non-hydrogen) atoms. The average Bonchev–Trinajstić information content (AvgIpc) is 3.32. The van der Waals surface area contributed by atoms with Crippen molar-refractivity contribution in [2.75, 3.05) is 6.54 Å². The number of aromatic nitrogens is 1. The molecule has 1 amide bonds. The normalized spacial score (nSPS) is 17.2. The lowest BCUT2D eigenvalue weighted by molar-refractivity contribution is -0.185. The van der Waals surface area contributed by atoms with Crippen LogP contribution in [0.15, 0.2) is 60.8 Å². The molecular formula is C21H17F3N2O2. The van der Waals surface area contributed by atoms with E-state index in [0.29, 0.717) is 16.8 Å². The molecule has 0 aliphatic carbocycles. The van der Waals surface area contributed by atoms with Crippen LogP contribution >= 0.6 is 0 Å². The largest absolute Gasteiger partial charge is 0.471 e. The predicted molar refractivity (Wildman–Crippen MR) is 98.8 cm³/mol. The van der Waals surface area contributed by atoms with Crippen molar-refractivity contribution >= 4 is 22.7 Å². The van der Waals surface area contributed by atoms with Gasteiger partial charge in [0, 0.05) is 23.7 Å². The van der Waals surface area contributed by atoms with Crippen molar-refractivity contribution in [3.8, 4) is 11.1 Å². The Morgan fingerprint density at radius 1 is 0.964 bits per heavy atom. The number of nitrogens with zero attached hydrogens (tertiary/aromatic N) is 2. The van der Waals surface area contributed by atoms with Crippen LogP contribution in [0.5, 0.6) is 0 Å². The van der Waals surface area contributed by atoms with Gasteiger partial charge in [0.2, 0.25) is 0 Å². The van der Waals surface area contributed by atoms with Gasteiger partial charge in [-0.3, -0.25) is 14.2 Å². The summed E-state index contributed by atoms with van der Waals surface area (Å²) in [4.78, 5) is 25.5. The maximum Gasteiger partial charge on any atom is 0.471 e. The summed E-state index contributed by atoms with van der Waals surface area (Å²) in [5, 5.41) is 0.828. The Bertz CT molecular complexity index is 1040. The third-order valence-corrected chi connectivity index (χ3v) is 5.08. The summed E-state index contributed by atoms with van der Waals surface area (Å²) >= 11 is 0. The molecule has 1 aliphatic rings. The van der Waals surface area contributed by atoms with Gasteiger partial charge in [-0.2, -0.15) is 13.2 Å². The van der Waals surface area contributed by atoms with E-state index in [9.17, 15) is 22.8 Å². The first kappa shape index (κ1) is 18.3. The fourth-order valence-corrected chi connectivity index (χ4v) is 3.80. The van der Waals surface area contributed by atoms with E-state index in [1.807, 2.05) is 42.5 Å². The number of carbonyl (C=O) groups is 2. The SMILES string of the molecule is O=C([C@H]1CCCN1C(=O)C(F)(F)F)n1cc(-c2ccccc2)c2ccccc21. The molecular weight excluding hydrogens is 369 g/mol. The number of fused-ring (bicyclic) bond motifs is 1. The van der Waals surface area contributed by atoms with Crippen LogP contribution in [0.1, 0.15) is 17.6 Å². The molecule has 2 heterocycles. The van der Waals surface area contributed by atoms with Gasteiger partial charge < -0.3 is 4.90 Å². The highest BCUT2D eigenvalue weighted by Gasteiger charge is 2.48. The van der Waals surface area contributed by atoms with Gasteiger partial charge >= 0.3 is 12.1 Å². The Morgan fingerprint density at radius 2 is 1.64 bits per heavy atom. The highest BCUT2D eigenvalue weighted by atomic mass is 19.4. The predicted octanol–water partition coefficient (Wildman–Crippen LogP) is 4.50. The zero-order valence-corrected chi connectivity index (χ0v) is 14.8. The van der Waals surface area contributed by atoms with Crippen LogP contribution < -0.4 is 0 Å². The van der Waals surface area contributed by atoms with E-state index in [0.717, 1.165) is 16.5 Å². The first-order valence-corrected chi connectivity index (χ1v) is 8.95. The minimum atomic E-state index is -4.99. The number of hydrogen-bond acceptors (Lipinski definition) is 2. The number of alkyl halides is 3. The summed E-state index contributed by atoms with van der Waals surface area (Å²) in [6.45, 7) is -0.0699. The van der Waals surface area contributed by atoms with Gasteiger partial charge in [-0.15, -0.1) is 0 Å². The maximum atomic E-state index is 13.1. The van der Waals surface area contributed by atoms with Gasteiger partial charge in [0.05, 0.1) is 5.52 Å². The summed E-state index contributed by atoms with van der Waals surface area (Å²) in [6.07, 6.45) is -2.76. The van der Waals surface area contributed by atoms with Crippen LogP contribution in [-0.2, 0) is 4.79 Å².